The zero-order valence-electron chi connectivity index (χ0n) is 15.0. The molecule has 2 rings (SSSR count). The molecule has 0 unspecified atom stereocenters. The fraction of sp³-hybridized carbons (Fsp3) is 0.278. The highest BCUT2D eigenvalue weighted by atomic mass is 32.1. The summed E-state index contributed by atoms with van der Waals surface area (Å²) in [7, 11) is 2.97. The van der Waals surface area contributed by atoms with Crippen LogP contribution in [0.2, 0.25) is 0 Å². The molecule has 1 aromatic carbocycles. The minimum Gasteiger partial charge on any atom is -0.496 e. The highest BCUT2D eigenvalue weighted by Gasteiger charge is 2.27. The summed E-state index contributed by atoms with van der Waals surface area (Å²) in [5, 5.41) is 5.48. The number of thiophene rings is 1. The van der Waals surface area contributed by atoms with E-state index in [1.165, 1.54) is 14.2 Å². The van der Waals surface area contributed by atoms with E-state index in [2.05, 4.69) is 10.6 Å². The number of hydrogen-bond donors (Lipinski definition) is 2. The number of amides is 2. The fourth-order valence-electron chi connectivity index (χ4n) is 2.38. The quantitative estimate of drug-likeness (QED) is 0.756. The van der Waals surface area contributed by atoms with Crippen LogP contribution < -0.4 is 15.4 Å². The van der Waals surface area contributed by atoms with Crippen LogP contribution in [-0.2, 0) is 4.74 Å². The molecule has 138 valence electrons. The molecule has 0 saturated carbocycles. The molecular formula is C18H20N2O5S. The minimum absolute atomic E-state index is 0.179. The van der Waals surface area contributed by atoms with Gasteiger partial charge in [0.25, 0.3) is 11.8 Å². The summed E-state index contributed by atoms with van der Waals surface area (Å²) in [5.74, 6) is -0.970. The monoisotopic (exact) mass is 376 g/mol. The van der Waals surface area contributed by atoms with E-state index in [1.807, 2.05) is 0 Å². The van der Waals surface area contributed by atoms with Gasteiger partial charge in [0.15, 0.2) is 0 Å². The lowest BCUT2D eigenvalue weighted by atomic mass is 10.1. The number of carbonyl (C=O) groups is 3. The van der Waals surface area contributed by atoms with Crippen molar-refractivity contribution in [2.24, 2.45) is 0 Å². The van der Waals surface area contributed by atoms with Gasteiger partial charge in [0.2, 0.25) is 0 Å². The Kier molecular flexibility index (Phi) is 6.35. The van der Waals surface area contributed by atoms with E-state index in [0.717, 1.165) is 11.3 Å². The first-order valence-corrected chi connectivity index (χ1v) is 8.73. The normalized spacial score (nSPS) is 10.2. The fourth-order valence-corrected chi connectivity index (χ4v) is 3.52. The second kappa shape index (κ2) is 8.48. The highest BCUT2D eigenvalue weighted by Crippen LogP contribution is 2.34. The van der Waals surface area contributed by atoms with Crippen molar-refractivity contribution in [1.29, 1.82) is 0 Å². The first-order valence-electron chi connectivity index (χ1n) is 7.91. The van der Waals surface area contributed by atoms with Gasteiger partial charge < -0.3 is 20.1 Å². The Morgan fingerprint density at radius 3 is 2.46 bits per heavy atom. The summed E-state index contributed by atoms with van der Waals surface area (Å²) in [5.41, 5.74) is 0.958. The summed E-state index contributed by atoms with van der Waals surface area (Å²) in [6, 6.07) is 6.73. The van der Waals surface area contributed by atoms with Gasteiger partial charge >= 0.3 is 5.97 Å². The standard InChI is InChI=1S/C18H20N2O5S/c1-5-25-18(23)13-10(2)14(16(22)19-3)26-17(13)20-15(21)11-8-6-7-9-12(11)24-4/h6-9H,5H2,1-4H3,(H,19,22)(H,20,21). The van der Waals surface area contributed by atoms with Crippen molar-refractivity contribution in [1.82, 2.24) is 5.32 Å². The largest absolute Gasteiger partial charge is 0.496 e. The molecule has 1 aromatic heterocycles. The molecule has 0 atom stereocenters. The van der Waals surface area contributed by atoms with Gasteiger partial charge in [-0.2, -0.15) is 0 Å². The van der Waals surface area contributed by atoms with E-state index in [-0.39, 0.29) is 23.1 Å². The Bertz CT molecular complexity index is 844. The number of esters is 1. The third-order valence-electron chi connectivity index (χ3n) is 3.64. The van der Waals surface area contributed by atoms with Gasteiger partial charge in [-0.3, -0.25) is 9.59 Å². The van der Waals surface area contributed by atoms with Gasteiger partial charge in [-0.25, -0.2) is 4.79 Å². The molecule has 1 heterocycles. The second-order valence-corrected chi connectivity index (χ2v) is 6.23. The van der Waals surface area contributed by atoms with E-state index in [1.54, 1.807) is 38.1 Å². The predicted octanol–water partition coefficient (Wildman–Crippen LogP) is 2.85. The highest BCUT2D eigenvalue weighted by molar-refractivity contribution is 7.18. The van der Waals surface area contributed by atoms with E-state index in [0.29, 0.717) is 21.8 Å². The van der Waals surface area contributed by atoms with E-state index in [9.17, 15) is 14.4 Å². The molecule has 7 nitrogen and oxygen atoms in total. The van der Waals surface area contributed by atoms with Gasteiger partial charge in [-0.1, -0.05) is 12.1 Å². The van der Waals surface area contributed by atoms with Crippen molar-refractivity contribution in [3.8, 4) is 5.75 Å². The lowest BCUT2D eigenvalue weighted by molar-refractivity contribution is 0.0527. The maximum absolute atomic E-state index is 12.6. The van der Waals surface area contributed by atoms with Crippen molar-refractivity contribution in [2.75, 3.05) is 26.1 Å². The summed E-state index contributed by atoms with van der Waals surface area (Å²) < 4.78 is 10.3. The van der Waals surface area contributed by atoms with E-state index >= 15 is 0 Å². The van der Waals surface area contributed by atoms with Gasteiger partial charge in [-0.05, 0) is 31.5 Å². The second-order valence-electron chi connectivity index (χ2n) is 5.21. The molecule has 0 saturated heterocycles. The molecule has 8 heteroatoms. The number of ether oxygens (including phenoxy) is 2. The topological polar surface area (TPSA) is 93.7 Å². The van der Waals surface area contributed by atoms with Crippen LogP contribution >= 0.6 is 11.3 Å². The van der Waals surface area contributed by atoms with Crippen molar-refractivity contribution >= 4 is 34.1 Å². The van der Waals surface area contributed by atoms with Gasteiger partial charge in [0, 0.05) is 7.05 Å². The van der Waals surface area contributed by atoms with Crippen molar-refractivity contribution in [2.45, 2.75) is 13.8 Å². The number of hydrogen-bond acceptors (Lipinski definition) is 6. The Morgan fingerprint density at radius 2 is 1.85 bits per heavy atom. The molecule has 2 aromatic rings. The molecule has 2 amide bonds. The Morgan fingerprint density at radius 1 is 1.15 bits per heavy atom. The molecule has 2 N–H and O–H groups in total. The summed E-state index contributed by atoms with van der Waals surface area (Å²) in [4.78, 5) is 37.4. The summed E-state index contributed by atoms with van der Waals surface area (Å²) in [6.07, 6.45) is 0. The first kappa shape index (κ1) is 19.5. The lowest BCUT2D eigenvalue weighted by Crippen LogP contribution is -2.18. The zero-order valence-corrected chi connectivity index (χ0v) is 15.8. The van der Waals surface area contributed by atoms with E-state index in [4.69, 9.17) is 9.47 Å². The predicted molar refractivity (Wildman–Crippen MR) is 99.3 cm³/mol. The first-order chi connectivity index (χ1) is 12.4. The maximum Gasteiger partial charge on any atom is 0.341 e. The van der Waals surface area contributed by atoms with Gasteiger partial charge in [0.05, 0.1) is 29.7 Å². The van der Waals surface area contributed by atoms with Crippen LogP contribution in [0.5, 0.6) is 5.75 Å². The van der Waals surface area contributed by atoms with Crippen molar-refractivity contribution in [3.05, 3.63) is 45.8 Å². The third kappa shape index (κ3) is 3.85. The Balaban J connectivity index is 2.45. The number of para-hydroxylation sites is 1. The Hall–Kier alpha value is -2.87. The average Bonchev–Trinajstić information content (AvgIpc) is 2.97. The van der Waals surface area contributed by atoms with E-state index < -0.39 is 11.9 Å². The number of carbonyl (C=O) groups excluding carboxylic acids is 3. The van der Waals surface area contributed by atoms with Gasteiger partial charge in [-0.15, -0.1) is 11.3 Å². The molecule has 26 heavy (non-hydrogen) atoms. The van der Waals surface area contributed by atoms with Crippen LogP contribution in [0.15, 0.2) is 24.3 Å². The van der Waals surface area contributed by atoms with Crippen LogP contribution in [0.1, 0.15) is 42.9 Å². The Labute approximate surface area is 155 Å². The molecule has 0 aliphatic carbocycles. The third-order valence-corrected chi connectivity index (χ3v) is 4.84. The zero-order chi connectivity index (χ0) is 19.3. The number of methoxy groups -OCH3 is 1. The smallest absolute Gasteiger partial charge is 0.341 e. The SMILES string of the molecule is CCOC(=O)c1c(NC(=O)c2ccccc2OC)sc(C(=O)NC)c1C. The van der Waals surface area contributed by atoms with Crippen LogP contribution in [0.3, 0.4) is 0 Å². The molecular weight excluding hydrogens is 356 g/mol. The van der Waals surface area contributed by atoms with Crippen LogP contribution in [0.25, 0.3) is 0 Å². The maximum atomic E-state index is 12.6. The van der Waals surface area contributed by atoms with Crippen molar-refractivity contribution in [3.63, 3.8) is 0 Å². The van der Waals surface area contributed by atoms with Crippen LogP contribution in [0, 0.1) is 6.92 Å². The molecule has 0 bridgehead atoms. The summed E-state index contributed by atoms with van der Waals surface area (Å²) >= 11 is 1.02. The number of nitrogens with one attached hydrogen (secondary N) is 2. The van der Waals surface area contributed by atoms with Crippen LogP contribution in [0.4, 0.5) is 5.00 Å². The summed E-state index contributed by atoms with van der Waals surface area (Å²) in [6.45, 7) is 3.52. The molecule has 0 aliphatic heterocycles. The lowest BCUT2D eigenvalue weighted by Gasteiger charge is -2.09. The molecule has 0 spiro atoms. The van der Waals surface area contributed by atoms with Crippen molar-refractivity contribution < 1.29 is 23.9 Å². The van der Waals surface area contributed by atoms with Crippen LogP contribution in [-0.4, -0.2) is 38.5 Å². The average molecular weight is 376 g/mol. The molecule has 0 aliphatic rings. The molecule has 0 radical (unpaired) electrons. The number of benzene rings is 1. The minimum atomic E-state index is -0.591. The van der Waals surface area contributed by atoms with Gasteiger partial charge in [0.1, 0.15) is 10.8 Å². The molecule has 0 fully saturated rings. The number of anilines is 1. The number of rotatable bonds is 6.